The molecule has 0 saturated carbocycles. The van der Waals surface area contributed by atoms with Crippen LogP contribution in [0.1, 0.15) is 6.42 Å². The number of rotatable bonds is 8. The third kappa shape index (κ3) is 4.02. The monoisotopic (exact) mass is 426 g/mol. The summed E-state index contributed by atoms with van der Waals surface area (Å²) >= 11 is 7.47. The predicted molar refractivity (Wildman–Crippen MR) is 117 cm³/mol. The van der Waals surface area contributed by atoms with Gasteiger partial charge in [0.1, 0.15) is 5.75 Å². The van der Waals surface area contributed by atoms with Crippen molar-refractivity contribution in [3.05, 3.63) is 76.6 Å². The van der Waals surface area contributed by atoms with Gasteiger partial charge in [0.25, 0.3) is 5.56 Å². The molecule has 0 bridgehead atoms. The third-order valence-electron chi connectivity index (χ3n) is 4.39. The summed E-state index contributed by atoms with van der Waals surface area (Å²) in [5.74, 6) is 2.13. The largest absolute Gasteiger partial charge is 0.494 e. The Balaban J connectivity index is 1.53. The van der Waals surface area contributed by atoms with Gasteiger partial charge in [-0.15, -0.1) is 16.8 Å². The van der Waals surface area contributed by atoms with Crippen molar-refractivity contribution in [3.8, 4) is 5.75 Å². The average molecular weight is 427 g/mol. The molecule has 4 rings (SSSR count). The van der Waals surface area contributed by atoms with E-state index in [1.807, 2.05) is 52.9 Å². The molecule has 0 aliphatic heterocycles. The number of fused-ring (bicyclic) bond motifs is 3. The molecule has 0 aliphatic carbocycles. The fourth-order valence-electron chi connectivity index (χ4n) is 3.06. The highest BCUT2D eigenvalue weighted by Gasteiger charge is 2.15. The Labute approximate surface area is 176 Å². The van der Waals surface area contributed by atoms with Crippen LogP contribution in [0.15, 0.2) is 71.1 Å². The number of para-hydroxylation sites is 1. The molecule has 2 aromatic heterocycles. The van der Waals surface area contributed by atoms with Gasteiger partial charge in [0.2, 0.25) is 5.78 Å². The van der Waals surface area contributed by atoms with E-state index >= 15 is 0 Å². The molecule has 2 aromatic carbocycles. The number of ether oxygens (including phenoxy) is 1. The van der Waals surface area contributed by atoms with Crippen LogP contribution in [-0.4, -0.2) is 31.5 Å². The van der Waals surface area contributed by atoms with E-state index in [-0.39, 0.29) is 5.56 Å². The summed E-state index contributed by atoms with van der Waals surface area (Å²) in [4.78, 5) is 12.8. The second kappa shape index (κ2) is 8.71. The van der Waals surface area contributed by atoms with Crippen LogP contribution in [0.4, 0.5) is 0 Å². The third-order valence-corrected chi connectivity index (χ3v) is 5.66. The molecule has 0 amide bonds. The first-order valence-corrected chi connectivity index (χ1v) is 10.5. The van der Waals surface area contributed by atoms with Gasteiger partial charge in [-0.2, -0.15) is 0 Å². The maximum absolute atomic E-state index is 12.8. The molecule has 0 N–H and O–H groups in total. The van der Waals surface area contributed by atoms with Gasteiger partial charge in [0.05, 0.1) is 17.5 Å². The molecule has 0 saturated heterocycles. The molecule has 0 spiro atoms. The summed E-state index contributed by atoms with van der Waals surface area (Å²) in [7, 11) is 0. The van der Waals surface area contributed by atoms with Crippen LogP contribution in [0.2, 0.25) is 5.02 Å². The summed E-state index contributed by atoms with van der Waals surface area (Å²) < 4.78 is 9.26. The predicted octanol–water partition coefficient (Wildman–Crippen LogP) is 4.44. The van der Waals surface area contributed by atoms with Crippen molar-refractivity contribution in [2.24, 2.45) is 0 Å². The van der Waals surface area contributed by atoms with E-state index in [2.05, 4.69) is 16.8 Å². The Morgan fingerprint density at radius 1 is 1.14 bits per heavy atom. The van der Waals surface area contributed by atoms with E-state index in [4.69, 9.17) is 16.3 Å². The molecule has 0 unspecified atom stereocenters. The molecule has 0 fully saturated rings. The van der Waals surface area contributed by atoms with Crippen LogP contribution in [-0.2, 0) is 6.54 Å². The maximum Gasteiger partial charge on any atom is 0.263 e. The van der Waals surface area contributed by atoms with Gasteiger partial charge >= 0.3 is 0 Å². The van der Waals surface area contributed by atoms with Crippen LogP contribution < -0.4 is 10.3 Å². The Morgan fingerprint density at radius 2 is 1.93 bits per heavy atom. The van der Waals surface area contributed by atoms with Crippen molar-refractivity contribution < 1.29 is 4.74 Å². The highest BCUT2D eigenvalue weighted by atomic mass is 35.5. The van der Waals surface area contributed by atoms with Crippen molar-refractivity contribution >= 4 is 40.0 Å². The number of nitrogens with zero attached hydrogens (tertiary/aromatic N) is 4. The number of allylic oxidation sites excluding steroid dienone is 1. The zero-order chi connectivity index (χ0) is 20.2. The summed E-state index contributed by atoms with van der Waals surface area (Å²) in [5.41, 5.74) is 0.714. The Bertz CT molecular complexity index is 1220. The van der Waals surface area contributed by atoms with Gasteiger partial charge in [-0.1, -0.05) is 41.6 Å². The lowest BCUT2D eigenvalue weighted by molar-refractivity contribution is 0.318. The van der Waals surface area contributed by atoms with E-state index < -0.39 is 0 Å². The van der Waals surface area contributed by atoms with E-state index in [1.165, 1.54) is 0 Å². The molecular formula is C21H19ClN4O2S. The summed E-state index contributed by atoms with van der Waals surface area (Å²) in [6.07, 6.45) is 2.53. The van der Waals surface area contributed by atoms with Crippen LogP contribution in [0, 0.1) is 0 Å². The second-order valence-electron chi connectivity index (χ2n) is 6.34. The highest BCUT2D eigenvalue weighted by molar-refractivity contribution is 7.99. The number of aromatic nitrogens is 4. The van der Waals surface area contributed by atoms with Gasteiger partial charge < -0.3 is 4.74 Å². The second-order valence-corrected chi connectivity index (χ2v) is 7.84. The van der Waals surface area contributed by atoms with E-state index in [9.17, 15) is 4.79 Å². The van der Waals surface area contributed by atoms with Gasteiger partial charge in [0, 0.05) is 17.3 Å². The topological polar surface area (TPSA) is 61.4 Å². The highest BCUT2D eigenvalue weighted by Crippen LogP contribution is 2.22. The first-order chi connectivity index (χ1) is 14.2. The molecule has 29 heavy (non-hydrogen) atoms. The lowest BCUT2D eigenvalue weighted by atomic mass is 10.2. The molecule has 6 nitrogen and oxygen atoms in total. The molecule has 4 aromatic rings. The van der Waals surface area contributed by atoms with Crippen molar-refractivity contribution in [3.63, 3.8) is 0 Å². The minimum Gasteiger partial charge on any atom is -0.494 e. The van der Waals surface area contributed by atoms with Crippen LogP contribution >= 0.6 is 23.4 Å². The molecule has 2 heterocycles. The summed E-state index contributed by atoms with van der Waals surface area (Å²) in [5, 5.41) is 10.7. The zero-order valence-electron chi connectivity index (χ0n) is 15.6. The minimum absolute atomic E-state index is 0.0895. The van der Waals surface area contributed by atoms with Crippen molar-refractivity contribution in [1.29, 1.82) is 0 Å². The van der Waals surface area contributed by atoms with Gasteiger partial charge in [-0.25, -0.2) is 0 Å². The van der Waals surface area contributed by atoms with Crippen LogP contribution in [0.3, 0.4) is 0 Å². The summed E-state index contributed by atoms with van der Waals surface area (Å²) in [6, 6.07) is 14.8. The lowest BCUT2D eigenvalue weighted by Gasteiger charge is -2.09. The van der Waals surface area contributed by atoms with E-state index in [0.717, 1.165) is 28.6 Å². The molecule has 0 aliphatic rings. The molecule has 8 heteroatoms. The lowest BCUT2D eigenvalue weighted by Crippen LogP contribution is -2.22. The van der Waals surface area contributed by atoms with Crippen LogP contribution in [0.25, 0.3) is 16.7 Å². The molecular weight excluding hydrogens is 408 g/mol. The smallest absolute Gasteiger partial charge is 0.263 e. The SMILES string of the molecule is C=CCn1c(=O)c2ccccc2n2c(SCCCOc3ccc(Cl)cc3)nnc12. The Morgan fingerprint density at radius 3 is 2.72 bits per heavy atom. The average Bonchev–Trinajstić information content (AvgIpc) is 3.16. The quantitative estimate of drug-likeness (QED) is 0.237. The number of halogens is 1. The van der Waals surface area contributed by atoms with Crippen molar-refractivity contribution in [2.45, 2.75) is 18.1 Å². The Kier molecular flexibility index (Phi) is 5.87. The Hall–Kier alpha value is -2.77. The van der Waals surface area contributed by atoms with Crippen molar-refractivity contribution in [1.82, 2.24) is 19.2 Å². The first-order valence-electron chi connectivity index (χ1n) is 9.18. The number of thioether (sulfide) groups is 1. The van der Waals surface area contributed by atoms with Crippen molar-refractivity contribution in [2.75, 3.05) is 12.4 Å². The molecule has 0 atom stereocenters. The standard InChI is InChI=1S/C21H19ClN4O2S/c1-2-12-25-19(27)17-6-3-4-7-18(17)26-20(25)23-24-21(26)29-14-5-13-28-16-10-8-15(22)9-11-16/h2-4,6-11H,1,5,12-14H2. The fourth-order valence-corrected chi connectivity index (χ4v) is 4.04. The minimum atomic E-state index is -0.0895. The normalized spacial score (nSPS) is 11.2. The van der Waals surface area contributed by atoms with Crippen LogP contribution in [0.5, 0.6) is 5.75 Å². The number of benzene rings is 2. The zero-order valence-corrected chi connectivity index (χ0v) is 17.2. The fraction of sp³-hybridized carbons (Fsp3) is 0.190. The van der Waals surface area contributed by atoms with E-state index in [0.29, 0.717) is 29.3 Å². The van der Waals surface area contributed by atoms with Gasteiger partial charge in [-0.05, 0) is 42.8 Å². The summed E-state index contributed by atoms with van der Waals surface area (Å²) in [6.45, 7) is 4.72. The van der Waals surface area contributed by atoms with E-state index in [1.54, 1.807) is 22.4 Å². The number of hydrogen-bond donors (Lipinski definition) is 0. The molecule has 148 valence electrons. The number of hydrogen-bond acceptors (Lipinski definition) is 5. The first kappa shape index (κ1) is 19.5. The van der Waals surface area contributed by atoms with Gasteiger partial charge in [-0.3, -0.25) is 13.8 Å². The maximum atomic E-state index is 12.8. The van der Waals surface area contributed by atoms with Gasteiger partial charge in [0.15, 0.2) is 5.16 Å². The molecule has 0 radical (unpaired) electrons.